The van der Waals surface area contributed by atoms with Crippen LogP contribution < -0.4 is 0 Å². The number of ether oxygens (including phenoxy) is 1. The number of halogens is 1. The third-order valence-electron chi connectivity index (χ3n) is 3.79. The van der Waals surface area contributed by atoms with Gasteiger partial charge in [0.15, 0.2) is 0 Å². The van der Waals surface area contributed by atoms with Crippen LogP contribution >= 0.6 is 11.6 Å². The lowest BCUT2D eigenvalue weighted by atomic mass is 9.89. The number of hydrogen-bond donors (Lipinski definition) is 0. The molecule has 0 spiro atoms. The van der Waals surface area contributed by atoms with E-state index in [4.69, 9.17) is 21.6 Å². The fourth-order valence-electron chi connectivity index (χ4n) is 2.59. The lowest BCUT2D eigenvalue weighted by molar-refractivity contribution is 0.00485. The van der Waals surface area contributed by atoms with Gasteiger partial charge in [0.1, 0.15) is 0 Å². The van der Waals surface area contributed by atoms with E-state index in [-0.39, 0.29) is 6.10 Å². The van der Waals surface area contributed by atoms with Gasteiger partial charge >= 0.3 is 0 Å². The molecule has 1 aromatic carbocycles. The van der Waals surface area contributed by atoms with E-state index >= 15 is 0 Å². The largest absolute Gasteiger partial charge is 0.373 e. The zero-order valence-corrected chi connectivity index (χ0v) is 13.9. The summed E-state index contributed by atoms with van der Waals surface area (Å²) in [6, 6.07) is 10.1. The minimum absolute atomic E-state index is 0.0824. The molecule has 0 aliphatic rings. The first kappa shape index (κ1) is 18.0. The van der Waals surface area contributed by atoms with Crippen molar-refractivity contribution in [1.82, 2.24) is 0 Å². The molecule has 0 heterocycles. The van der Waals surface area contributed by atoms with E-state index in [2.05, 4.69) is 26.0 Å². The molecule has 0 amide bonds. The first-order valence-corrected chi connectivity index (χ1v) is 8.34. The summed E-state index contributed by atoms with van der Waals surface area (Å²) >= 11 is 6.13. The molecular formula is C18H26ClNO. The highest BCUT2D eigenvalue weighted by Crippen LogP contribution is 2.33. The van der Waals surface area contributed by atoms with E-state index in [1.54, 1.807) is 0 Å². The molecule has 0 fully saturated rings. The molecule has 116 valence electrons. The van der Waals surface area contributed by atoms with Crippen molar-refractivity contribution < 1.29 is 4.74 Å². The van der Waals surface area contributed by atoms with Crippen LogP contribution in [0.1, 0.15) is 64.0 Å². The Bertz CT molecular complexity index is 441. The highest BCUT2D eigenvalue weighted by atomic mass is 35.5. The Balaban J connectivity index is 2.79. The summed E-state index contributed by atoms with van der Waals surface area (Å²) in [4.78, 5) is 0. The fraction of sp³-hybridized carbons (Fsp3) is 0.611. The molecule has 0 unspecified atom stereocenters. The zero-order valence-electron chi connectivity index (χ0n) is 13.1. The molecule has 0 N–H and O–H groups in total. The van der Waals surface area contributed by atoms with Crippen molar-refractivity contribution in [2.75, 3.05) is 6.61 Å². The van der Waals surface area contributed by atoms with Gasteiger partial charge in [-0.25, -0.2) is 0 Å². The number of nitrogens with zero attached hydrogens (tertiary/aromatic N) is 1. The second kappa shape index (κ2) is 10.7. The van der Waals surface area contributed by atoms with E-state index < -0.39 is 0 Å². The van der Waals surface area contributed by atoms with Gasteiger partial charge in [0, 0.05) is 18.1 Å². The van der Waals surface area contributed by atoms with Crippen LogP contribution in [0.2, 0.25) is 5.02 Å². The molecular weight excluding hydrogens is 282 g/mol. The highest BCUT2D eigenvalue weighted by molar-refractivity contribution is 6.30. The van der Waals surface area contributed by atoms with E-state index in [1.807, 2.05) is 18.2 Å². The quantitative estimate of drug-likeness (QED) is 0.503. The first-order chi connectivity index (χ1) is 10.2. The summed E-state index contributed by atoms with van der Waals surface area (Å²) in [6.07, 6.45) is 6.10. The van der Waals surface area contributed by atoms with Crippen LogP contribution in [0.5, 0.6) is 0 Å². The molecule has 0 saturated heterocycles. The van der Waals surface area contributed by atoms with E-state index in [0.717, 1.165) is 23.4 Å². The topological polar surface area (TPSA) is 33.0 Å². The number of rotatable bonds is 10. The maximum absolute atomic E-state index is 8.63. The molecule has 0 bridgehead atoms. The van der Waals surface area contributed by atoms with Crippen molar-refractivity contribution in [3.8, 4) is 6.07 Å². The zero-order chi connectivity index (χ0) is 15.5. The van der Waals surface area contributed by atoms with Gasteiger partial charge in [-0.05, 0) is 36.5 Å². The van der Waals surface area contributed by atoms with Crippen LogP contribution in [-0.2, 0) is 4.74 Å². The van der Waals surface area contributed by atoms with Crippen molar-refractivity contribution in [1.29, 1.82) is 5.26 Å². The molecule has 0 radical (unpaired) electrons. The summed E-state index contributed by atoms with van der Waals surface area (Å²) < 4.78 is 6.13. The fourth-order valence-corrected chi connectivity index (χ4v) is 2.78. The van der Waals surface area contributed by atoms with Crippen LogP contribution in [0, 0.1) is 17.2 Å². The normalized spacial score (nSPS) is 13.6. The van der Waals surface area contributed by atoms with Crippen LogP contribution in [0.15, 0.2) is 24.3 Å². The van der Waals surface area contributed by atoms with Crippen molar-refractivity contribution in [2.45, 2.75) is 58.5 Å². The number of hydrogen-bond acceptors (Lipinski definition) is 2. The van der Waals surface area contributed by atoms with Crippen LogP contribution in [0.25, 0.3) is 0 Å². The average molecular weight is 308 g/mol. The molecule has 1 aromatic rings. The smallest absolute Gasteiger partial charge is 0.0853 e. The average Bonchev–Trinajstić information content (AvgIpc) is 2.49. The third kappa shape index (κ3) is 6.50. The van der Waals surface area contributed by atoms with E-state index in [0.29, 0.717) is 18.9 Å². The molecule has 0 aromatic heterocycles. The van der Waals surface area contributed by atoms with Gasteiger partial charge in [0.05, 0.1) is 12.2 Å². The predicted octanol–water partition coefficient (Wildman–Crippen LogP) is 5.92. The Labute approximate surface area is 134 Å². The Morgan fingerprint density at radius 3 is 2.71 bits per heavy atom. The van der Waals surface area contributed by atoms with Crippen LogP contribution in [0.3, 0.4) is 0 Å². The minimum atomic E-state index is 0.0824. The van der Waals surface area contributed by atoms with Crippen molar-refractivity contribution in [2.24, 2.45) is 5.92 Å². The lowest BCUT2D eigenvalue weighted by Crippen LogP contribution is -2.17. The van der Waals surface area contributed by atoms with Gasteiger partial charge in [-0.1, -0.05) is 56.8 Å². The van der Waals surface area contributed by atoms with Gasteiger partial charge in [-0.15, -0.1) is 0 Å². The second-order valence-electron chi connectivity index (χ2n) is 5.42. The van der Waals surface area contributed by atoms with Gasteiger partial charge in [0.2, 0.25) is 0 Å². The summed E-state index contributed by atoms with van der Waals surface area (Å²) in [5.41, 5.74) is 1.16. The SMILES string of the molecule is CCCC[C@H](CC)[C@@H](OCCCC#N)c1cccc(Cl)c1. The second-order valence-corrected chi connectivity index (χ2v) is 5.86. The third-order valence-corrected chi connectivity index (χ3v) is 4.02. The van der Waals surface area contributed by atoms with Crippen LogP contribution in [0.4, 0.5) is 0 Å². The molecule has 0 aliphatic heterocycles. The summed E-state index contributed by atoms with van der Waals surface area (Å²) in [7, 11) is 0. The molecule has 0 aliphatic carbocycles. The summed E-state index contributed by atoms with van der Waals surface area (Å²) in [5.74, 6) is 0.505. The van der Waals surface area contributed by atoms with Gasteiger partial charge < -0.3 is 4.74 Å². The molecule has 3 heteroatoms. The maximum Gasteiger partial charge on any atom is 0.0853 e. The lowest BCUT2D eigenvalue weighted by Gasteiger charge is -2.27. The first-order valence-electron chi connectivity index (χ1n) is 7.96. The molecule has 21 heavy (non-hydrogen) atoms. The number of unbranched alkanes of at least 4 members (excludes halogenated alkanes) is 2. The summed E-state index contributed by atoms with van der Waals surface area (Å²) in [6.45, 7) is 5.07. The minimum Gasteiger partial charge on any atom is -0.373 e. The van der Waals surface area contributed by atoms with Crippen molar-refractivity contribution >= 4 is 11.6 Å². The molecule has 0 saturated carbocycles. The van der Waals surface area contributed by atoms with E-state index in [1.165, 1.54) is 19.3 Å². The molecule has 2 nitrogen and oxygen atoms in total. The van der Waals surface area contributed by atoms with Crippen molar-refractivity contribution in [3.05, 3.63) is 34.9 Å². The number of benzene rings is 1. The van der Waals surface area contributed by atoms with Gasteiger partial charge in [-0.2, -0.15) is 5.26 Å². The van der Waals surface area contributed by atoms with Crippen LogP contribution in [-0.4, -0.2) is 6.61 Å². The number of nitriles is 1. The molecule has 1 rings (SSSR count). The Morgan fingerprint density at radius 2 is 2.10 bits per heavy atom. The maximum atomic E-state index is 8.63. The Morgan fingerprint density at radius 1 is 1.29 bits per heavy atom. The highest BCUT2D eigenvalue weighted by Gasteiger charge is 2.22. The monoisotopic (exact) mass is 307 g/mol. The van der Waals surface area contributed by atoms with E-state index in [9.17, 15) is 0 Å². The predicted molar refractivity (Wildman–Crippen MR) is 88.3 cm³/mol. The Hall–Kier alpha value is -1.04. The van der Waals surface area contributed by atoms with Crippen molar-refractivity contribution in [3.63, 3.8) is 0 Å². The summed E-state index contributed by atoms with van der Waals surface area (Å²) in [5, 5.41) is 9.39. The standard InChI is InChI=1S/C18H26ClNO/c1-3-5-9-15(4-2)18(21-13-7-6-12-20)16-10-8-11-17(19)14-16/h8,10-11,14-15,18H,3-7,9,13H2,1-2H3/t15-,18+/m0/s1. The van der Waals surface area contributed by atoms with Gasteiger partial charge in [-0.3, -0.25) is 0 Å². The molecule has 2 atom stereocenters. The van der Waals surface area contributed by atoms with Gasteiger partial charge in [0.25, 0.3) is 0 Å². The Kier molecular flexibility index (Phi) is 9.14.